The van der Waals surface area contributed by atoms with E-state index in [0.29, 0.717) is 19.5 Å². The lowest BCUT2D eigenvalue weighted by Crippen LogP contribution is -2.52. The summed E-state index contributed by atoms with van der Waals surface area (Å²) in [6, 6.07) is 2.57. The van der Waals surface area contributed by atoms with Gasteiger partial charge in [-0.1, -0.05) is 13.3 Å². The topological polar surface area (TPSA) is 142 Å². The number of sulfonamides is 1. The highest BCUT2D eigenvalue weighted by Gasteiger charge is 2.39. The number of methoxy groups -OCH3 is 1. The molecule has 2 saturated heterocycles. The van der Waals surface area contributed by atoms with Gasteiger partial charge < -0.3 is 10.1 Å². The molecule has 2 aliphatic rings. The first kappa shape index (κ1) is 22.9. The Bertz CT molecular complexity index is 976. The van der Waals surface area contributed by atoms with Gasteiger partial charge in [-0.15, -0.1) is 0 Å². The van der Waals surface area contributed by atoms with Gasteiger partial charge in [0.05, 0.1) is 23.6 Å². The molecule has 0 aromatic heterocycles. The van der Waals surface area contributed by atoms with Crippen LogP contribution in [0.25, 0.3) is 0 Å². The van der Waals surface area contributed by atoms with Crippen molar-refractivity contribution >= 4 is 27.6 Å². The number of rotatable bonds is 8. The van der Waals surface area contributed by atoms with Crippen LogP contribution in [0, 0.1) is 10.1 Å². The Morgan fingerprint density at radius 3 is 2.48 bits per heavy atom. The number of carbonyl (C=O) groups is 2. The number of nitro groups is 1. The van der Waals surface area contributed by atoms with Crippen LogP contribution in [-0.4, -0.2) is 85.4 Å². The first-order chi connectivity index (χ1) is 14.7. The van der Waals surface area contributed by atoms with Gasteiger partial charge in [-0.25, -0.2) is 18.1 Å². The van der Waals surface area contributed by atoms with Gasteiger partial charge in [-0.3, -0.25) is 19.8 Å². The normalized spacial score (nSPS) is 20.7. The number of nitrogens with zero attached hydrogens (tertiary/aromatic N) is 4. The number of nitrogens with one attached hydrogen (secondary N) is 1. The van der Waals surface area contributed by atoms with E-state index in [9.17, 15) is 28.1 Å². The lowest BCUT2D eigenvalue weighted by atomic mass is 10.2. The van der Waals surface area contributed by atoms with Gasteiger partial charge in [-0.2, -0.15) is 4.31 Å². The van der Waals surface area contributed by atoms with E-state index >= 15 is 0 Å². The van der Waals surface area contributed by atoms with Crippen molar-refractivity contribution in [3.63, 3.8) is 0 Å². The molecular formula is C18H25N5O7S. The van der Waals surface area contributed by atoms with Crippen LogP contribution in [0.2, 0.25) is 0 Å². The van der Waals surface area contributed by atoms with Crippen LogP contribution < -0.4 is 10.1 Å². The summed E-state index contributed by atoms with van der Waals surface area (Å²) in [6.07, 6.45) is 1.34. The standard InChI is InChI=1S/C18H25N5O7S/c1-3-4-14-17(24)22(18(25)19-14)12-20-7-9-21(10-8-20)31(28,29)13-5-6-16(30-2)15(11-13)23(26)27/h5-6,11,14H,3-4,7-10,12H2,1-2H3,(H,19,25)/t14-/m1/s1. The number of hydrogen-bond donors (Lipinski definition) is 1. The molecule has 0 saturated carbocycles. The number of amides is 3. The van der Waals surface area contributed by atoms with Crippen molar-refractivity contribution in [3.8, 4) is 5.75 Å². The number of hydrogen-bond acceptors (Lipinski definition) is 8. The summed E-state index contributed by atoms with van der Waals surface area (Å²) in [4.78, 5) is 37.8. The SMILES string of the molecule is CCC[C@H]1NC(=O)N(CN2CCN(S(=O)(=O)c3ccc(OC)c([N+](=O)[O-])c3)CC2)C1=O. The summed E-state index contributed by atoms with van der Waals surface area (Å²) >= 11 is 0. The Hall–Kier alpha value is -2.77. The number of imide groups is 1. The molecule has 3 rings (SSSR count). The van der Waals surface area contributed by atoms with E-state index in [-0.39, 0.29) is 36.3 Å². The summed E-state index contributed by atoms with van der Waals surface area (Å²) in [5.74, 6) is -0.295. The molecular weight excluding hydrogens is 430 g/mol. The van der Waals surface area contributed by atoms with E-state index in [0.717, 1.165) is 17.4 Å². The van der Waals surface area contributed by atoms with Gasteiger partial charge in [0.15, 0.2) is 5.75 Å². The molecule has 3 amide bonds. The van der Waals surface area contributed by atoms with Crippen LogP contribution in [0.3, 0.4) is 0 Å². The van der Waals surface area contributed by atoms with Crippen molar-refractivity contribution in [1.29, 1.82) is 0 Å². The number of urea groups is 1. The van der Waals surface area contributed by atoms with Crippen LogP contribution in [-0.2, 0) is 14.8 Å². The molecule has 2 heterocycles. The van der Waals surface area contributed by atoms with Crippen molar-refractivity contribution in [2.24, 2.45) is 0 Å². The number of ether oxygens (including phenoxy) is 1. The minimum Gasteiger partial charge on any atom is -0.490 e. The Morgan fingerprint density at radius 1 is 1.23 bits per heavy atom. The molecule has 0 unspecified atom stereocenters. The fourth-order valence-corrected chi connectivity index (χ4v) is 5.07. The second-order valence-electron chi connectivity index (χ2n) is 7.31. The van der Waals surface area contributed by atoms with E-state index in [1.807, 2.05) is 11.8 Å². The predicted molar refractivity (Wildman–Crippen MR) is 109 cm³/mol. The molecule has 1 aromatic carbocycles. The van der Waals surface area contributed by atoms with Crippen molar-refractivity contribution < 1.29 is 27.7 Å². The highest BCUT2D eigenvalue weighted by Crippen LogP contribution is 2.30. The molecule has 31 heavy (non-hydrogen) atoms. The fourth-order valence-electron chi connectivity index (χ4n) is 3.63. The third kappa shape index (κ3) is 4.62. The lowest BCUT2D eigenvalue weighted by Gasteiger charge is -2.35. The van der Waals surface area contributed by atoms with Crippen molar-refractivity contribution in [2.45, 2.75) is 30.7 Å². The summed E-state index contributed by atoms with van der Waals surface area (Å²) < 4.78 is 32.0. The quantitative estimate of drug-likeness (QED) is 0.341. The number of carbonyl (C=O) groups excluding carboxylic acids is 2. The first-order valence-corrected chi connectivity index (χ1v) is 11.3. The zero-order valence-electron chi connectivity index (χ0n) is 17.3. The molecule has 2 aliphatic heterocycles. The Balaban J connectivity index is 1.65. The van der Waals surface area contributed by atoms with Crippen molar-refractivity contribution in [2.75, 3.05) is 40.0 Å². The fraction of sp³-hybridized carbons (Fsp3) is 0.556. The zero-order chi connectivity index (χ0) is 22.8. The first-order valence-electron chi connectivity index (χ1n) is 9.85. The third-order valence-corrected chi connectivity index (χ3v) is 7.24. The predicted octanol–water partition coefficient (Wildman–Crippen LogP) is 0.588. The summed E-state index contributed by atoms with van der Waals surface area (Å²) in [7, 11) is -2.68. The molecule has 1 atom stereocenters. The van der Waals surface area contributed by atoms with Crippen LogP contribution >= 0.6 is 0 Å². The molecule has 13 heteroatoms. The Kier molecular flexibility index (Phi) is 6.77. The highest BCUT2D eigenvalue weighted by molar-refractivity contribution is 7.89. The smallest absolute Gasteiger partial charge is 0.325 e. The molecule has 1 N–H and O–H groups in total. The summed E-state index contributed by atoms with van der Waals surface area (Å²) in [5.41, 5.74) is -0.428. The molecule has 170 valence electrons. The Labute approximate surface area is 179 Å². The highest BCUT2D eigenvalue weighted by atomic mass is 32.2. The van der Waals surface area contributed by atoms with E-state index in [4.69, 9.17) is 4.74 Å². The second kappa shape index (κ2) is 9.16. The van der Waals surface area contributed by atoms with E-state index in [1.54, 1.807) is 0 Å². The molecule has 0 bridgehead atoms. The van der Waals surface area contributed by atoms with Gasteiger partial charge in [0.25, 0.3) is 5.91 Å². The average Bonchev–Trinajstić information content (AvgIpc) is 3.01. The monoisotopic (exact) mass is 455 g/mol. The second-order valence-corrected chi connectivity index (χ2v) is 9.25. The average molecular weight is 455 g/mol. The van der Waals surface area contributed by atoms with Gasteiger partial charge in [-0.05, 0) is 18.6 Å². The van der Waals surface area contributed by atoms with Crippen LogP contribution in [0.4, 0.5) is 10.5 Å². The lowest BCUT2D eigenvalue weighted by molar-refractivity contribution is -0.386. The largest absolute Gasteiger partial charge is 0.490 e. The number of nitro benzene ring substituents is 1. The summed E-state index contributed by atoms with van der Waals surface area (Å²) in [5, 5.41) is 13.9. The van der Waals surface area contributed by atoms with Crippen LogP contribution in [0.5, 0.6) is 5.75 Å². The van der Waals surface area contributed by atoms with E-state index in [1.165, 1.54) is 23.5 Å². The number of piperazine rings is 1. The van der Waals surface area contributed by atoms with E-state index in [2.05, 4.69) is 5.32 Å². The van der Waals surface area contributed by atoms with Crippen LogP contribution in [0.1, 0.15) is 19.8 Å². The molecule has 1 aromatic rings. The third-order valence-electron chi connectivity index (χ3n) is 5.34. The maximum atomic E-state index is 12.9. The molecule has 0 aliphatic carbocycles. The van der Waals surface area contributed by atoms with Gasteiger partial charge in [0.2, 0.25) is 10.0 Å². The minimum atomic E-state index is -3.94. The molecule has 12 nitrogen and oxygen atoms in total. The van der Waals surface area contributed by atoms with Gasteiger partial charge >= 0.3 is 11.7 Å². The minimum absolute atomic E-state index is 0.0243. The van der Waals surface area contributed by atoms with Crippen molar-refractivity contribution in [1.82, 2.24) is 19.4 Å². The van der Waals surface area contributed by atoms with E-state index < -0.39 is 32.7 Å². The molecule has 2 fully saturated rings. The summed E-state index contributed by atoms with van der Waals surface area (Å²) in [6.45, 7) is 2.90. The number of benzene rings is 1. The van der Waals surface area contributed by atoms with Crippen molar-refractivity contribution in [3.05, 3.63) is 28.3 Å². The maximum absolute atomic E-state index is 12.9. The molecule has 0 spiro atoms. The Morgan fingerprint density at radius 2 is 1.90 bits per heavy atom. The zero-order valence-corrected chi connectivity index (χ0v) is 18.1. The van der Waals surface area contributed by atoms with Gasteiger partial charge in [0.1, 0.15) is 6.04 Å². The molecule has 0 radical (unpaired) electrons. The van der Waals surface area contributed by atoms with Gasteiger partial charge in [0, 0.05) is 32.2 Å². The maximum Gasteiger partial charge on any atom is 0.325 e. The van der Waals surface area contributed by atoms with Crippen LogP contribution in [0.15, 0.2) is 23.1 Å².